The van der Waals surface area contributed by atoms with E-state index in [1.165, 1.54) is 12.5 Å². The molecule has 1 aromatic heterocycles. The molecule has 180 valence electrons. The molecule has 2 atom stereocenters. The summed E-state index contributed by atoms with van der Waals surface area (Å²) in [6, 6.07) is -1.79. The van der Waals surface area contributed by atoms with Gasteiger partial charge in [0.2, 0.25) is 12.3 Å². The molecule has 4 amide bonds. The highest BCUT2D eigenvalue weighted by molar-refractivity contribution is 7.14. The first-order chi connectivity index (χ1) is 15.8. The number of anilines is 1. The molecule has 1 unspecified atom stereocenters. The molecule has 0 aliphatic rings. The number of esters is 1. The number of thiazole rings is 1. The van der Waals surface area contributed by atoms with Gasteiger partial charge in [0.05, 0.1) is 14.2 Å². The van der Waals surface area contributed by atoms with Crippen LogP contribution >= 0.6 is 11.3 Å². The highest BCUT2D eigenvalue weighted by Crippen LogP contribution is 2.20. The Balaban J connectivity index is 2.89. The minimum atomic E-state index is -1.07. The van der Waals surface area contributed by atoms with Crippen LogP contribution in [0.1, 0.15) is 37.7 Å². The summed E-state index contributed by atoms with van der Waals surface area (Å²) >= 11 is 1.03. The van der Waals surface area contributed by atoms with Crippen LogP contribution in [-0.4, -0.2) is 61.0 Å². The fourth-order valence-corrected chi connectivity index (χ4v) is 3.34. The quantitative estimate of drug-likeness (QED) is 0.204. The number of carbonyl (C=O) groups excluding carboxylic acids is 4. The molecule has 2 N–H and O–H groups in total. The molecule has 1 aromatic rings. The topological polar surface area (TPSA) is 127 Å². The molecule has 0 fully saturated rings. The van der Waals surface area contributed by atoms with Gasteiger partial charge in [0.15, 0.2) is 10.8 Å². The van der Waals surface area contributed by atoms with Crippen LogP contribution in [0.4, 0.5) is 9.93 Å². The number of aromatic nitrogens is 1. The molecule has 0 radical (unpaired) electrons. The van der Waals surface area contributed by atoms with Gasteiger partial charge in [-0.15, -0.1) is 11.3 Å². The molecule has 0 aliphatic heterocycles. The zero-order valence-electron chi connectivity index (χ0n) is 19.4. The third-order valence-corrected chi connectivity index (χ3v) is 5.32. The Morgan fingerprint density at radius 1 is 1.27 bits per heavy atom. The largest absolute Gasteiger partial charge is 0.497 e. The molecule has 1 rings (SSSR count). The van der Waals surface area contributed by atoms with E-state index in [9.17, 15) is 19.2 Å². The second kappa shape index (κ2) is 14.6. The van der Waals surface area contributed by atoms with Crippen molar-refractivity contribution in [3.8, 4) is 0 Å². The number of ether oxygens (including phenoxy) is 2. The van der Waals surface area contributed by atoms with Crippen molar-refractivity contribution >= 4 is 40.8 Å². The maximum absolute atomic E-state index is 12.9. The lowest BCUT2D eigenvalue weighted by Crippen LogP contribution is -2.53. The average molecular weight is 479 g/mol. The fraction of sp³-hybridized carbons (Fsp3) is 0.409. The summed E-state index contributed by atoms with van der Waals surface area (Å²) in [7, 11) is 2.77. The Hall–Kier alpha value is -3.47. The van der Waals surface area contributed by atoms with Gasteiger partial charge in [-0.1, -0.05) is 38.5 Å². The maximum Gasteiger partial charge on any atom is 0.357 e. The molecule has 0 aliphatic carbocycles. The van der Waals surface area contributed by atoms with E-state index in [1.54, 1.807) is 38.3 Å². The van der Waals surface area contributed by atoms with Crippen molar-refractivity contribution in [1.82, 2.24) is 15.2 Å². The van der Waals surface area contributed by atoms with E-state index in [0.717, 1.165) is 16.2 Å². The lowest BCUT2D eigenvalue weighted by atomic mass is 9.97. The molecule has 33 heavy (non-hydrogen) atoms. The van der Waals surface area contributed by atoms with E-state index in [2.05, 4.69) is 20.4 Å². The van der Waals surface area contributed by atoms with Crippen LogP contribution in [0.5, 0.6) is 0 Å². The lowest BCUT2D eigenvalue weighted by molar-refractivity contribution is -0.128. The number of urea groups is 1. The van der Waals surface area contributed by atoms with Crippen LogP contribution in [0, 0.1) is 5.92 Å². The molecule has 0 aromatic carbocycles. The van der Waals surface area contributed by atoms with Gasteiger partial charge < -0.3 is 20.1 Å². The summed E-state index contributed by atoms with van der Waals surface area (Å²) in [5, 5.41) is 6.76. The SMILES string of the molecule is C\C=C/C(=C\C=C\CNC(=O)N(C=O)[C@H](C(=O)Nc1nc(C(=O)OC)cs1)C(C)CC)OC. The van der Waals surface area contributed by atoms with Crippen molar-refractivity contribution in [2.45, 2.75) is 33.2 Å². The summed E-state index contributed by atoms with van der Waals surface area (Å²) in [4.78, 5) is 53.7. The summed E-state index contributed by atoms with van der Waals surface area (Å²) in [6.07, 6.45) is 9.56. The van der Waals surface area contributed by atoms with Gasteiger partial charge in [-0.3, -0.25) is 14.5 Å². The molecule has 11 heteroatoms. The Morgan fingerprint density at radius 3 is 2.58 bits per heavy atom. The number of amides is 4. The molecule has 0 spiro atoms. The normalized spacial score (nSPS) is 13.4. The first-order valence-corrected chi connectivity index (χ1v) is 11.1. The molecule has 0 saturated carbocycles. The monoisotopic (exact) mass is 478 g/mol. The van der Waals surface area contributed by atoms with Crippen LogP contribution < -0.4 is 10.6 Å². The van der Waals surface area contributed by atoms with Crippen LogP contribution in [0.15, 0.2) is 41.5 Å². The molecular weight excluding hydrogens is 448 g/mol. The third kappa shape index (κ3) is 8.53. The van der Waals surface area contributed by atoms with Crippen molar-refractivity contribution in [1.29, 1.82) is 0 Å². The first kappa shape index (κ1) is 27.6. The predicted molar refractivity (Wildman–Crippen MR) is 126 cm³/mol. The standard InChI is InChI=1S/C22H30N4O6S/c1-6-10-16(31-4)11-8-9-12-23-22(30)26(14-27)18(15(3)7-2)19(28)25-21-24-17(13-33-21)20(29)32-5/h6,8-11,13-15,18H,7,12H2,1-5H3,(H,23,30)(H,24,25,28)/b9-8+,10-6-,16-11+/t15?,18-/m0/s1. The number of rotatable bonds is 12. The Morgan fingerprint density at radius 2 is 2.00 bits per heavy atom. The van der Waals surface area contributed by atoms with E-state index in [1.807, 2.05) is 19.9 Å². The summed E-state index contributed by atoms with van der Waals surface area (Å²) in [5.74, 6) is -0.914. The number of imide groups is 1. The number of carbonyl (C=O) groups is 4. The van der Waals surface area contributed by atoms with E-state index in [-0.39, 0.29) is 23.3 Å². The third-order valence-electron chi connectivity index (χ3n) is 4.56. The lowest BCUT2D eigenvalue weighted by Gasteiger charge is -2.29. The zero-order valence-corrected chi connectivity index (χ0v) is 20.2. The zero-order chi connectivity index (χ0) is 24.8. The van der Waals surface area contributed by atoms with Gasteiger partial charge in [0.1, 0.15) is 11.8 Å². The average Bonchev–Trinajstić information content (AvgIpc) is 3.28. The molecule has 1 heterocycles. The van der Waals surface area contributed by atoms with E-state index < -0.39 is 23.9 Å². The maximum atomic E-state index is 12.9. The number of allylic oxidation sites excluding steroid dienone is 4. The van der Waals surface area contributed by atoms with Gasteiger partial charge in [-0.05, 0) is 25.0 Å². The van der Waals surface area contributed by atoms with Gasteiger partial charge in [-0.2, -0.15) is 0 Å². The van der Waals surface area contributed by atoms with Crippen molar-refractivity contribution in [2.75, 3.05) is 26.1 Å². The summed E-state index contributed by atoms with van der Waals surface area (Å²) in [6.45, 7) is 5.60. The predicted octanol–water partition coefficient (Wildman–Crippen LogP) is 3.11. The van der Waals surface area contributed by atoms with Crippen LogP contribution in [0.3, 0.4) is 0 Å². The second-order valence-corrected chi connectivity index (χ2v) is 7.61. The van der Waals surface area contributed by atoms with Crippen molar-refractivity contribution in [3.05, 3.63) is 47.2 Å². The van der Waals surface area contributed by atoms with Gasteiger partial charge in [0.25, 0.3) is 0 Å². The Bertz CT molecular complexity index is 908. The van der Waals surface area contributed by atoms with Gasteiger partial charge in [-0.25, -0.2) is 14.6 Å². The van der Waals surface area contributed by atoms with Crippen molar-refractivity contribution < 1.29 is 28.7 Å². The van der Waals surface area contributed by atoms with Crippen LogP contribution in [0.25, 0.3) is 0 Å². The number of hydrogen-bond donors (Lipinski definition) is 2. The van der Waals surface area contributed by atoms with Crippen molar-refractivity contribution in [3.63, 3.8) is 0 Å². The number of nitrogens with zero attached hydrogens (tertiary/aromatic N) is 2. The van der Waals surface area contributed by atoms with Crippen molar-refractivity contribution in [2.24, 2.45) is 5.92 Å². The number of methoxy groups -OCH3 is 2. The second-order valence-electron chi connectivity index (χ2n) is 6.75. The van der Waals surface area contributed by atoms with Gasteiger partial charge in [0, 0.05) is 11.9 Å². The van der Waals surface area contributed by atoms with E-state index >= 15 is 0 Å². The number of nitrogens with one attached hydrogen (secondary N) is 2. The smallest absolute Gasteiger partial charge is 0.357 e. The molecule has 10 nitrogen and oxygen atoms in total. The molecule has 0 saturated heterocycles. The first-order valence-electron chi connectivity index (χ1n) is 10.2. The number of hydrogen-bond acceptors (Lipinski definition) is 8. The molecule has 0 bridgehead atoms. The minimum Gasteiger partial charge on any atom is -0.497 e. The highest BCUT2D eigenvalue weighted by Gasteiger charge is 2.34. The highest BCUT2D eigenvalue weighted by atomic mass is 32.1. The van der Waals surface area contributed by atoms with E-state index in [4.69, 9.17) is 4.74 Å². The van der Waals surface area contributed by atoms with E-state index in [0.29, 0.717) is 18.6 Å². The Kier molecular flexibility index (Phi) is 12.2. The summed E-state index contributed by atoms with van der Waals surface area (Å²) in [5.41, 5.74) is 0.0507. The Labute approximate surface area is 197 Å². The van der Waals surface area contributed by atoms with Crippen LogP contribution in [0.2, 0.25) is 0 Å². The van der Waals surface area contributed by atoms with Crippen LogP contribution in [-0.2, 0) is 19.1 Å². The minimum absolute atomic E-state index is 0.0507. The molecular formula is C22H30N4O6S. The van der Waals surface area contributed by atoms with Gasteiger partial charge >= 0.3 is 12.0 Å². The fourth-order valence-electron chi connectivity index (χ4n) is 2.66. The summed E-state index contributed by atoms with van der Waals surface area (Å²) < 4.78 is 9.74.